The first-order valence-corrected chi connectivity index (χ1v) is 11.1. The fourth-order valence-electron chi connectivity index (χ4n) is 4.28. The van der Waals surface area contributed by atoms with Gasteiger partial charge in [-0.1, -0.05) is 23.2 Å². The van der Waals surface area contributed by atoms with Crippen molar-refractivity contribution in [1.29, 1.82) is 0 Å². The smallest absolute Gasteiger partial charge is 0.356 e. The van der Waals surface area contributed by atoms with Gasteiger partial charge in [-0.2, -0.15) is 5.10 Å². The predicted octanol–water partition coefficient (Wildman–Crippen LogP) is 4.68. The minimum absolute atomic E-state index is 0.0565. The molecular formula is C22H20Cl2N6O2. The number of pyridine rings is 1. The second-order valence-corrected chi connectivity index (χ2v) is 8.56. The molecule has 5 rings (SSSR count). The Kier molecular flexibility index (Phi) is 5.48. The molecule has 1 aliphatic rings. The summed E-state index contributed by atoms with van der Waals surface area (Å²) >= 11 is 12.8. The number of carboxylic acids is 1. The second-order valence-electron chi connectivity index (χ2n) is 7.77. The van der Waals surface area contributed by atoms with Crippen LogP contribution in [0.5, 0.6) is 0 Å². The number of carbonyl (C=O) groups is 1. The van der Waals surface area contributed by atoms with Gasteiger partial charge >= 0.3 is 5.97 Å². The highest BCUT2D eigenvalue weighted by Crippen LogP contribution is 2.36. The van der Waals surface area contributed by atoms with Crippen LogP contribution >= 0.6 is 23.2 Å². The third-order valence-corrected chi connectivity index (χ3v) is 6.64. The third-order valence-electron chi connectivity index (χ3n) is 5.84. The van der Waals surface area contributed by atoms with E-state index in [-0.39, 0.29) is 11.7 Å². The van der Waals surface area contributed by atoms with Gasteiger partial charge in [0.05, 0.1) is 27.6 Å². The molecule has 1 atom stereocenters. The van der Waals surface area contributed by atoms with Crippen molar-refractivity contribution in [1.82, 2.24) is 24.3 Å². The number of benzene rings is 1. The summed E-state index contributed by atoms with van der Waals surface area (Å²) in [4.78, 5) is 22.5. The molecule has 1 aromatic carbocycles. The lowest BCUT2D eigenvalue weighted by Gasteiger charge is -2.27. The van der Waals surface area contributed by atoms with E-state index >= 15 is 0 Å². The minimum Gasteiger partial charge on any atom is -0.476 e. The first-order valence-electron chi connectivity index (χ1n) is 10.3. The third kappa shape index (κ3) is 3.80. The maximum absolute atomic E-state index is 11.1. The van der Waals surface area contributed by atoms with Crippen LogP contribution in [0.2, 0.25) is 10.0 Å². The number of imidazole rings is 1. The van der Waals surface area contributed by atoms with E-state index in [9.17, 15) is 4.79 Å². The van der Waals surface area contributed by atoms with Gasteiger partial charge in [0.25, 0.3) is 0 Å². The Morgan fingerprint density at radius 2 is 2.09 bits per heavy atom. The maximum Gasteiger partial charge on any atom is 0.356 e. The van der Waals surface area contributed by atoms with Gasteiger partial charge in [0.1, 0.15) is 5.82 Å². The Labute approximate surface area is 194 Å². The number of halogens is 2. The number of hydrogen-bond acceptors (Lipinski definition) is 5. The van der Waals surface area contributed by atoms with Crippen molar-refractivity contribution in [2.75, 3.05) is 11.4 Å². The molecule has 1 fully saturated rings. The molecule has 4 aromatic rings. The number of rotatable bonds is 6. The normalized spacial score (nSPS) is 16.2. The summed E-state index contributed by atoms with van der Waals surface area (Å²) < 4.78 is 3.63. The number of anilines is 1. The van der Waals surface area contributed by atoms with Gasteiger partial charge < -0.3 is 14.6 Å². The molecule has 0 radical (unpaired) electrons. The lowest BCUT2D eigenvalue weighted by molar-refractivity contribution is 0.0689. The van der Waals surface area contributed by atoms with E-state index in [1.165, 1.54) is 6.07 Å². The van der Waals surface area contributed by atoms with Gasteiger partial charge in [-0.15, -0.1) is 0 Å². The van der Waals surface area contributed by atoms with E-state index in [0.29, 0.717) is 22.1 Å². The van der Waals surface area contributed by atoms with Gasteiger partial charge in [0.15, 0.2) is 5.69 Å². The zero-order valence-corrected chi connectivity index (χ0v) is 18.5. The second kappa shape index (κ2) is 8.44. The lowest BCUT2D eigenvalue weighted by atomic mass is 10.1. The van der Waals surface area contributed by atoms with Crippen LogP contribution in [0.25, 0.3) is 16.6 Å². The molecular weight excluding hydrogens is 451 g/mol. The number of carboxylic acid groups (broad SMARTS) is 1. The van der Waals surface area contributed by atoms with E-state index in [4.69, 9.17) is 33.3 Å². The Morgan fingerprint density at radius 3 is 2.84 bits per heavy atom. The average molecular weight is 471 g/mol. The molecule has 8 nitrogen and oxygen atoms in total. The average Bonchev–Trinajstić information content (AvgIpc) is 3.55. The van der Waals surface area contributed by atoms with Crippen LogP contribution < -0.4 is 4.90 Å². The van der Waals surface area contributed by atoms with Crippen LogP contribution in [-0.2, 0) is 6.54 Å². The highest BCUT2D eigenvalue weighted by molar-refractivity contribution is 6.45. The van der Waals surface area contributed by atoms with Gasteiger partial charge in [-0.05, 0) is 37.5 Å². The molecule has 1 N–H and O–H groups in total. The van der Waals surface area contributed by atoms with Gasteiger partial charge in [0, 0.05) is 49.2 Å². The zero-order chi connectivity index (χ0) is 22.2. The van der Waals surface area contributed by atoms with Gasteiger partial charge in [-0.3, -0.25) is 4.68 Å². The molecule has 0 amide bonds. The van der Waals surface area contributed by atoms with Crippen LogP contribution in [0, 0.1) is 0 Å². The number of nitrogens with zero attached hydrogens (tertiary/aromatic N) is 6. The van der Waals surface area contributed by atoms with Gasteiger partial charge in [0.2, 0.25) is 0 Å². The highest BCUT2D eigenvalue weighted by Gasteiger charge is 2.27. The van der Waals surface area contributed by atoms with E-state index in [0.717, 1.165) is 42.7 Å². The van der Waals surface area contributed by atoms with Crippen molar-refractivity contribution in [3.05, 3.63) is 64.9 Å². The molecule has 0 bridgehead atoms. The molecule has 164 valence electrons. The summed E-state index contributed by atoms with van der Waals surface area (Å²) in [6.07, 6.45) is 9.97. The Balaban J connectivity index is 1.48. The first kappa shape index (κ1) is 20.8. The van der Waals surface area contributed by atoms with Crippen LogP contribution in [0.3, 0.4) is 0 Å². The monoisotopic (exact) mass is 470 g/mol. The van der Waals surface area contributed by atoms with Crippen molar-refractivity contribution >= 4 is 45.9 Å². The van der Waals surface area contributed by atoms with Crippen LogP contribution in [0.4, 0.5) is 5.82 Å². The van der Waals surface area contributed by atoms with Crippen molar-refractivity contribution in [3.8, 4) is 5.69 Å². The summed E-state index contributed by atoms with van der Waals surface area (Å²) in [7, 11) is 0. The molecule has 1 aliphatic heterocycles. The van der Waals surface area contributed by atoms with E-state index in [1.54, 1.807) is 29.5 Å². The van der Waals surface area contributed by atoms with E-state index < -0.39 is 5.97 Å². The summed E-state index contributed by atoms with van der Waals surface area (Å²) in [5, 5.41) is 15.0. The fraction of sp³-hybridized carbons (Fsp3) is 0.273. The van der Waals surface area contributed by atoms with Crippen LogP contribution in [-0.4, -0.2) is 48.0 Å². The molecule has 1 saturated heterocycles. The summed E-state index contributed by atoms with van der Waals surface area (Å²) in [5.41, 5.74) is 1.65. The Morgan fingerprint density at radius 1 is 1.22 bits per heavy atom. The summed E-state index contributed by atoms with van der Waals surface area (Å²) in [6, 6.07) is 7.54. The number of aromatic nitrogens is 5. The minimum atomic E-state index is -1.02. The summed E-state index contributed by atoms with van der Waals surface area (Å²) in [5.74, 6) is -0.186. The Bertz CT molecular complexity index is 1290. The zero-order valence-electron chi connectivity index (χ0n) is 17.0. The largest absolute Gasteiger partial charge is 0.476 e. The van der Waals surface area contributed by atoms with Crippen molar-refractivity contribution in [2.45, 2.75) is 31.8 Å². The lowest BCUT2D eigenvalue weighted by Crippen LogP contribution is -2.31. The van der Waals surface area contributed by atoms with E-state index in [1.807, 2.05) is 16.8 Å². The predicted molar refractivity (Wildman–Crippen MR) is 123 cm³/mol. The van der Waals surface area contributed by atoms with Crippen LogP contribution in [0.1, 0.15) is 29.8 Å². The number of aromatic carboxylic acids is 1. The van der Waals surface area contributed by atoms with Crippen molar-refractivity contribution in [2.24, 2.45) is 0 Å². The number of hydrogen-bond donors (Lipinski definition) is 1. The molecule has 0 saturated carbocycles. The van der Waals surface area contributed by atoms with Gasteiger partial charge in [-0.25, -0.2) is 14.8 Å². The highest BCUT2D eigenvalue weighted by atomic mass is 35.5. The molecule has 0 aliphatic carbocycles. The SMILES string of the molecule is O=C(O)c1ccn(CC[C@@H]2CCCN2c2cc(-n3ccnc3)c3ccc(Cl)c(Cl)c3n2)n1. The quantitative estimate of drug-likeness (QED) is 0.439. The maximum atomic E-state index is 11.1. The first-order chi connectivity index (χ1) is 15.5. The molecule has 32 heavy (non-hydrogen) atoms. The number of fused-ring (bicyclic) bond motifs is 1. The topological polar surface area (TPSA) is 89.1 Å². The molecule has 4 heterocycles. The molecule has 0 spiro atoms. The van der Waals surface area contributed by atoms with Crippen molar-refractivity contribution < 1.29 is 9.90 Å². The molecule has 3 aromatic heterocycles. The van der Waals surface area contributed by atoms with Crippen molar-refractivity contribution in [3.63, 3.8) is 0 Å². The number of aryl methyl sites for hydroxylation is 1. The van der Waals surface area contributed by atoms with Crippen LogP contribution in [0.15, 0.2) is 49.2 Å². The fourth-order valence-corrected chi connectivity index (χ4v) is 4.64. The van der Waals surface area contributed by atoms with E-state index in [2.05, 4.69) is 21.0 Å². The standard InChI is InChI=1S/C22H20Cl2N6O2/c23-16-4-3-15-18(28-11-7-25-13-28)12-19(26-21(15)20(16)24)30-8-1-2-14(30)5-9-29-10-6-17(27-29)22(31)32/h3-4,6-7,10-14H,1-2,5,8-9H2,(H,31,32)/t14-/m0/s1. The molecule has 0 unspecified atom stereocenters. The Hall–Kier alpha value is -3.10. The molecule has 10 heteroatoms. The summed E-state index contributed by atoms with van der Waals surface area (Å²) in [6.45, 7) is 1.51.